The van der Waals surface area contributed by atoms with Crippen molar-refractivity contribution in [3.8, 4) is 0 Å². The van der Waals surface area contributed by atoms with Crippen LogP contribution in [0.15, 0.2) is 48.8 Å². The van der Waals surface area contributed by atoms with Gasteiger partial charge in [-0.2, -0.15) is 0 Å². The first-order valence-electron chi connectivity index (χ1n) is 9.11. The molecule has 8 nitrogen and oxygen atoms in total. The first-order valence-corrected chi connectivity index (χ1v) is 9.11. The minimum Gasteiger partial charge on any atom is -0.337 e. The zero-order valence-corrected chi connectivity index (χ0v) is 15.0. The van der Waals surface area contributed by atoms with E-state index in [0.29, 0.717) is 45.2 Å². The van der Waals surface area contributed by atoms with Crippen LogP contribution in [0.4, 0.5) is 10.7 Å². The van der Waals surface area contributed by atoms with Crippen molar-refractivity contribution >= 4 is 17.9 Å². The number of hydrogen-bond acceptors (Lipinski definition) is 5. The van der Waals surface area contributed by atoms with Gasteiger partial charge in [0.1, 0.15) is 6.04 Å². The number of anilines is 1. The SMILES string of the molecule is O=C1NC(C(=O)N2CCN(c3ncccn3)CC2)CN1Cc1ccccc1. The lowest BCUT2D eigenvalue weighted by Crippen LogP contribution is -2.54. The van der Waals surface area contributed by atoms with Crippen molar-refractivity contribution in [1.29, 1.82) is 0 Å². The molecule has 2 aromatic rings. The molecule has 27 heavy (non-hydrogen) atoms. The second-order valence-corrected chi connectivity index (χ2v) is 6.73. The number of carbonyl (C=O) groups is 2. The Hall–Kier alpha value is -3.16. The number of aromatic nitrogens is 2. The fourth-order valence-corrected chi connectivity index (χ4v) is 3.47. The summed E-state index contributed by atoms with van der Waals surface area (Å²) in [5.74, 6) is 0.667. The highest BCUT2D eigenvalue weighted by Gasteiger charge is 2.36. The van der Waals surface area contributed by atoms with E-state index >= 15 is 0 Å². The molecule has 8 heteroatoms. The maximum atomic E-state index is 12.8. The average Bonchev–Trinajstić information content (AvgIpc) is 3.09. The molecule has 0 radical (unpaired) electrons. The summed E-state index contributed by atoms with van der Waals surface area (Å²) in [4.78, 5) is 39.1. The van der Waals surface area contributed by atoms with Crippen molar-refractivity contribution < 1.29 is 9.59 Å². The second-order valence-electron chi connectivity index (χ2n) is 6.73. The zero-order chi connectivity index (χ0) is 18.6. The van der Waals surface area contributed by atoms with E-state index in [2.05, 4.69) is 20.2 Å². The molecule has 1 unspecified atom stereocenters. The summed E-state index contributed by atoms with van der Waals surface area (Å²) in [5, 5.41) is 2.82. The molecule has 2 fully saturated rings. The summed E-state index contributed by atoms with van der Waals surface area (Å²) in [6.07, 6.45) is 3.44. The van der Waals surface area contributed by atoms with Gasteiger partial charge >= 0.3 is 6.03 Å². The van der Waals surface area contributed by atoms with Gasteiger partial charge in [-0.1, -0.05) is 30.3 Å². The molecule has 3 amide bonds. The van der Waals surface area contributed by atoms with Crippen molar-refractivity contribution in [3.05, 3.63) is 54.4 Å². The monoisotopic (exact) mass is 366 g/mol. The summed E-state index contributed by atoms with van der Waals surface area (Å²) in [7, 11) is 0. The van der Waals surface area contributed by atoms with Crippen LogP contribution >= 0.6 is 0 Å². The van der Waals surface area contributed by atoms with E-state index in [1.165, 1.54) is 0 Å². The third-order valence-corrected chi connectivity index (χ3v) is 4.93. The first kappa shape index (κ1) is 17.3. The number of urea groups is 1. The molecule has 1 atom stereocenters. The van der Waals surface area contributed by atoms with Gasteiger partial charge in [0.05, 0.1) is 6.54 Å². The normalized spacial score (nSPS) is 19.9. The number of hydrogen-bond donors (Lipinski definition) is 1. The summed E-state index contributed by atoms with van der Waals surface area (Å²) < 4.78 is 0. The third kappa shape index (κ3) is 3.84. The van der Waals surface area contributed by atoms with Crippen molar-refractivity contribution in [2.75, 3.05) is 37.6 Å². The Kier molecular flexibility index (Phi) is 4.86. The number of nitrogens with one attached hydrogen (secondary N) is 1. The van der Waals surface area contributed by atoms with Crippen LogP contribution in [0, 0.1) is 0 Å². The smallest absolute Gasteiger partial charge is 0.318 e. The van der Waals surface area contributed by atoms with E-state index in [1.807, 2.05) is 35.2 Å². The van der Waals surface area contributed by atoms with Crippen LogP contribution in [-0.2, 0) is 11.3 Å². The Morgan fingerprint density at radius 2 is 1.74 bits per heavy atom. The summed E-state index contributed by atoms with van der Waals surface area (Å²) in [5.41, 5.74) is 1.05. The lowest BCUT2D eigenvalue weighted by molar-refractivity contribution is -0.133. The second kappa shape index (κ2) is 7.61. The van der Waals surface area contributed by atoms with Gasteiger partial charge in [0, 0.05) is 45.1 Å². The number of amides is 3. The standard InChI is InChI=1S/C19H22N6O2/c26-17(23-9-11-24(12-10-23)18-20-7-4-8-21-18)16-14-25(19(27)22-16)13-15-5-2-1-3-6-15/h1-8,16H,9-14H2,(H,22,27). The summed E-state index contributed by atoms with van der Waals surface area (Å²) >= 11 is 0. The van der Waals surface area contributed by atoms with Crippen LogP contribution in [0.2, 0.25) is 0 Å². The number of nitrogens with zero attached hydrogens (tertiary/aromatic N) is 5. The Labute approximate surface area is 157 Å². The molecule has 0 spiro atoms. The van der Waals surface area contributed by atoms with Crippen molar-refractivity contribution in [3.63, 3.8) is 0 Å². The summed E-state index contributed by atoms with van der Waals surface area (Å²) in [6, 6.07) is 10.9. The molecule has 2 aliphatic heterocycles. The highest BCUT2D eigenvalue weighted by Crippen LogP contribution is 2.15. The molecule has 2 aliphatic rings. The topological polar surface area (TPSA) is 81.7 Å². The van der Waals surface area contributed by atoms with Gasteiger partial charge in [-0.15, -0.1) is 0 Å². The Bertz CT molecular complexity index is 792. The maximum Gasteiger partial charge on any atom is 0.318 e. The molecule has 2 saturated heterocycles. The van der Waals surface area contributed by atoms with Gasteiger partial charge in [-0.3, -0.25) is 4.79 Å². The molecule has 0 aliphatic carbocycles. The predicted molar refractivity (Wildman–Crippen MR) is 100.0 cm³/mol. The quantitative estimate of drug-likeness (QED) is 0.862. The highest BCUT2D eigenvalue weighted by molar-refractivity contribution is 5.90. The molecule has 1 N–H and O–H groups in total. The van der Waals surface area contributed by atoms with E-state index in [9.17, 15) is 9.59 Å². The fraction of sp³-hybridized carbons (Fsp3) is 0.368. The summed E-state index contributed by atoms with van der Waals surface area (Å²) in [6.45, 7) is 3.47. The first-order chi connectivity index (χ1) is 13.2. The van der Waals surface area contributed by atoms with E-state index in [0.717, 1.165) is 5.56 Å². The van der Waals surface area contributed by atoms with Gasteiger partial charge in [0.2, 0.25) is 11.9 Å². The molecular weight excluding hydrogens is 344 g/mol. The fourth-order valence-electron chi connectivity index (χ4n) is 3.47. The predicted octanol–water partition coefficient (Wildman–Crippen LogP) is 0.719. The molecule has 0 saturated carbocycles. The average molecular weight is 366 g/mol. The third-order valence-electron chi connectivity index (χ3n) is 4.93. The Morgan fingerprint density at radius 1 is 1.04 bits per heavy atom. The number of rotatable bonds is 4. The molecular formula is C19H22N6O2. The van der Waals surface area contributed by atoms with E-state index in [4.69, 9.17) is 0 Å². The number of carbonyl (C=O) groups excluding carboxylic acids is 2. The Morgan fingerprint density at radius 3 is 2.44 bits per heavy atom. The molecule has 1 aromatic carbocycles. The molecule has 3 heterocycles. The highest BCUT2D eigenvalue weighted by atomic mass is 16.2. The lowest BCUT2D eigenvalue weighted by atomic mass is 10.2. The molecule has 1 aromatic heterocycles. The van der Waals surface area contributed by atoms with Crippen LogP contribution in [-0.4, -0.2) is 70.5 Å². The van der Waals surface area contributed by atoms with Gasteiger partial charge in [-0.25, -0.2) is 14.8 Å². The van der Waals surface area contributed by atoms with Gasteiger partial charge in [-0.05, 0) is 11.6 Å². The Balaban J connectivity index is 1.32. The maximum absolute atomic E-state index is 12.8. The molecule has 4 rings (SSSR count). The molecule has 140 valence electrons. The van der Waals surface area contributed by atoms with Crippen LogP contribution in [0.3, 0.4) is 0 Å². The van der Waals surface area contributed by atoms with E-state index in [-0.39, 0.29) is 11.9 Å². The minimum atomic E-state index is -0.485. The van der Waals surface area contributed by atoms with Gasteiger partial charge in [0.25, 0.3) is 0 Å². The van der Waals surface area contributed by atoms with Crippen LogP contribution in [0.25, 0.3) is 0 Å². The van der Waals surface area contributed by atoms with Crippen molar-refractivity contribution in [1.82, 2.24) is 25.1 Å². The van der Waals surface area contributed by atoms with Crippen LogP contribution < -0.4 is 10.2 Å². The largest absolute Gasteiger partial charge is 0.337 e. The van der Waals surface area contributed by atoms with E-state index < -0.39 is 6.04 Å². The van der Waals surface area contributed by atoms with Crippen molar-refractivity contribution in [2.24, 2.45) is 0 Å². The van der Waals surface area contributed by atoms with Gasteiger partial charge < -0.3 is 20.0 Å². The number of piperazine rings is 1. The van der Waals surface area contributed by atoms with Crippen LogP contribution in [0.1, 0.15) is 5.56 Å². The van der Waals surface area contributed by atoms with Crippen molar-refractivity contribution in [2.45, 2.75) is 12.6 Å². The van der Waals surface area contributed by atoms with E-state index in [1.54, 1.807) is 23.4 Å². The molecule has 0 bridgehead atoms. The minimum absolute atomic E-state index is 0.0208. The van der Waals surface area contributed by atoms with Crippen LogP contribution in [0.5, 0.6) is 0 Å². The zero-order valence-electron chi connectivity index (χ0n) is 15.0. The van der Waals surface area contributed by atoms with Gasteiger partial charge in [0.15, 0.2) is 0 Å². The lowest BCUT2D eigenvalue weighted by Gasteiger charge is -2.35. The number of benzene rings is 1.